The number of methoxy groups -OCH3 is 1. The molecule has 4 bridgehead atoms. The van der Waals surface area contributed by atoms with Gasteiger partial charge < -0.3 is 52.8 Å². The van der Waals surface area contributed by atoms with Gasteiger partial charge >= 0.3 is 5.97 Å². The molecule has 0 amide bonds. The molecule has 7 unspecified atom stereocenters. The van der Waals surface area contributed by atoms with E-state index in [9.17, 15) is 15.0 Å². The third-order valence-electron chi connectivity index (χ3n) is 15.6. The van der Waals surface area contributed by atoms with Crippen LogP contribution in [-0.4, -0.2) is 138 Å². The summed E-state index contributed by atoms with van der Waals surface area (Å²) in [5, 5.41) is 23.5. The van der Waals surface area contributed by atoms with Crippen LogP contribution in [0.1, 0.15) is 116 Å². The number of aliphatic hydroxyl groups excluding tert-OH is 2. The summed E-state index contributed by atoms with van der Waals surface area (Å²) in [6.07, 6.45) is 5.56. The van der Waals surface area contributed by atoms with E-state index in [4.69, 9.17) is 42.6 Å². The van der Waals surface area contributed by atoms with Gasteiger partial charge in [-0.15, -0.1) is 0 Å². The minimum atomic E-state index is -1.69. The van der Waals surface area contributed by atoms with Crippen molar-refractivity contribution in [3.8, 4) is 17.2 Å². The fourth-order valence-electron chi connectivity index (χ4n) is 12.4. The highest BCUT2D eigenvalue weighted by molar-refractivity contribution is 6.10. The largest absolute Gasteiger partial charge is 0.482 e. The van der Waals surface area contributed by atoms with Crippen molar-refractivity contribution in [3.63, 3.8) is 0 Å². The summed E-state index contributed by atoms with van der Waals surface area (Å²) in [4.78, 5) is 47.4. The maximum absolute atomic E-state index is 16.6. The van der Waals surface area contributed by atoms with Crippen LogP contribution in [0.4, 0.5) is 0 Å². The number of fused-ring (bicyclic) bond motifs is 3. The van der Waals surface area contributed by atoms with Gasteiger partial charge in [-0.3, -0.25) is 14.5 Å². The molecule has 366 valence electrons. The molecule has 0 aromatic heterocycles. The molecule has 10 rings (SSSR count). The summed E-state index contributed by atoms with van der Waals surface area (Å²) < 4.78 is 58.3. The predicted octanol–water partition coefficient (Wildman–Crippen LogP) is 5.99. The Labute approximate surface area is 393 Å². The number of ketones is 2. The summed E-state index contributed by atoms with van der Waals surface area (Å²) in [6, 6.07) is -0.598. The number of rotatable bonds is 11. The highest BCUT2D eigenvalue weighted by Crippen LogP contribution is 2.71. The molecule has 1 spiro atoms. The summed E-state index contributed by atoms with van der Waals surface area (Å²) in [6.45, 7) is 21.0. The average molecular weight is 932 g/mol. The topological polar surface area (TPSA) is 178 Å². The van der Waals surface area contributed by atoms with E-state index in [2.05, 4.69) is 30.9 Å². The van der Waals surface area contributed by atoms with E-state index < -0.39 is 88.7 Å². The molecular formula is C52H69NO14. The smallest absolute Gasteiger partial charge is 0.333 e. The van der Waals surface area contributed by atoms with Crippen molar-refractivity contribution < 1.29 is 67.2 Å². The van der Waals surface area contributed by atoms with Gasteiger partial charge in [0.1, 0.15) is 52.8 Å². The summed E-state index contributed by atoms with van der Waals surface area (Å²) in [5.74, 6) is -3.40. The quantitative estimate of drug-likeness (QED) is 0.150. The number of nitrogens with zero attached hydrogens (tertiary/aromatic N) is 1. The molecular weight excluding hydrogens is 863 g/mol. The number of allylic oxidation sites excluding steroid dienone is 4. The zero-order valence-electron chi connectivity index (χ0n) is 40.9. The highest BCUT2D eigenvalue weighted by Gasteiger charge is 2.86. The first-order valence-corrected chi connectivity index (χ1v) is 24.0. The highest BCUT2D eigenvalue weighted by atomic mass is 16.8. The van der Waals surface area contributed by atoms with Gasteiger partial charge in [-0.2, -0.15) is 0 Å². The Kier molecular flexibility index (Phi) is 12.3. The van der Waals surface area contributed by atoms with E-state index in [0.717, 1.165) is 12.0 Å². The van der Waals surface area contributed by atoms with Crippen molar-refractivity contribution in [2.75, 3.05) is 40.0 Å². The number of benzene rings is 1. The van der Waals surface area contributed by atoms with Gasteiger partial charge in [0, 0.05) is 48.5 Å². The number of morpholine rings is 1. The monoisotopic (exact) mass is 931 g/mol. The minimum absolute atomic E-state index is 0.0408. The van der Waals surface area contributed by atoms with Crippen LogP contribution in [0, 0.1) is 17.8 Å². The van der Waals surface area contributed by atoms with Gasteiger partial charge in [0.2, 0.25) is 6.29 Å². The van der Waals surface area contributed by atoms with E-state index >= 15 is 9.59 Å². The first-order chi connectivity index (χ1) is 31.6. The standard InChI is InChI=1S/C52H69NO14/c1-27(2)13-12-18-50(10)19-17-31-41(65-50)30(15-14-28(3)4)43-35(42(31)63-47-40(56)39(55)44-33(62-47)26-61-49(8,9)64-44)38(54)36-37(53-21-23-60-24-22-53)32-25-34-48(6,7)67-51(45(32)57,52(34,36)66-43)20-16-29(5)46(58)59-11/h13-14,16-17,19,32-34,36-37,39-40,44,47,55-56H,12,15,18,20-26H2,1-11H3/b29-16-/t32?,33-,34?,36?,37?,39-,40-,44-,47+,50?,51?,52?/m0/s1. The molecule has 15 nitrogen and oxygen atoms in total. The van der Waals surface area contributed by atoms with Crippen molar-refractivity contribution in [2.45, 2.75) is 166 Å². The Morgan fingerprint density at radius 3 is 2.34 bits per heavy atom. The van der Waals surface area contributed by atoms with Crippen LogP contribution >= 0.6 is 0 Å². The van der Waals surface area contributed by atoms with E-state index in [1.54, 1.807) is 26.8 Å². The molecule has 7 fully saturated rings. The lowest BCUT2D eigenvalue weighted by atomic mass is 9.44. The average Bonchev–Trinajstić information content (AvgIpc) is 3.42. The summed E-state index contributed by atoms with van der Waals surface area (Å²) >= 11 is 0. The molecule has 9 aliphatic rings. The van der Waals surface area contributed by atoms with Gasteiger partial charge in [-0.25, -0.2) is 4.79 Å². The van der Waals surface area contributed by atoms with Gasteiger partial charge in [0.05, 0.1) is 44.0 Å². The van der Waals surface area contributed by atoms with Crippen molar-refractivity contribution in [2.24, 2.45) is 17.8 Å². The van der Waals surface area contributed by atoms with E-state index in [0.29, 0.717) is 68.0 Å². The first-order valence-electron chi connectivity index (χ1n) is 24.0. The number of aliphatic hydroxyl groups is 2. The van der Waals surface area contributed by atoms with Crippen molar-refractivity contribution in [1.29, 1.82) is 0 Å². The molecule has 6 heterocycles. The van der Waals surface area contributed by atoms with Crippen molar-refractivity contribution in [3.05, 3.63) is 57.7 Å². The molecule has 0 radical (unpaired) electrons. The number of carbonyl (C=O) groups excluding carboxylic acids is 3. The Morgan fingerprint density at radius 1 is 0.940 bits per heavy atom. The number of carbonyl (C=O) groups is 3. The van der Waals surface area contributed by atoms with Crippen LogP contribution in [0.5, 0.6) is 17.2 Å². The molecule has 4 saturated heterocycles. The fraction of sp³-hybridized carbons (Fsp3) is 0.673. The number of hydrogen-bond acceptors (Lipinski definition) is 15. The Morgan fingerprint density at radius 2 is 1.66 bits per heavy atom. The first kappa shape index (κ1) is 48.1. The second-order valence-corrected chi connectivity index (χ2v) is 21.5. The van der Waals surface area contributed by atoms with E-state index in [1.165, 1.54) is 12.7 Å². The lowest BCUT2D eigenvalue weighted by Crippen LogP contribution is -2.82. The summed E-state index contributed by atoms with van der Waals surface area (Å²) in [5.41, 5.74) is -1.34. The number of Topliss-reactive ketones (excluding diaryl/α,β-unsaturated/α-hetero) is 2. The second-order valence-electron chi connectivity index (χ2n) is 21.5. The molecule has 15 heteroatoms. The molecule has 1 aromatic carbocycles. The SMILES string of the molecule is COC(=O)/C(C)=C\CC12OC(C)(C)C3CC(C1=O)C(N1CCOCC1)C1C(=O)c4c(O[C@H]5O[C@H]6COC(C)(C)O[C@@H]6[C@@H](O)[C@@H]5O)c5c(c(CC=C(C)C)c4OC132)OC(C)(CCC=C(C)C)C=C5. The Bertz CT molecular complexity index is 2310. The number of ether oxygens (including phenoxy) is 9. The van der Waals surface area contributed by atoms with Crippen LogP contribution in [0.25, 0.3) is 6.08 Å². The molecule has 12 atom stereocenters. The van der Waals surface area contributed by atoms with Crippen LogP contribution in [-0.2, 0) is 44.4 Å². The summed E-state index contributed by atoms with van der Waals surface area (Å²) in [7, 11) is 1.31. The van der Waals surface area contributed by atoms with Crippen LogP contribution in [0.3, 0.4) is 0 Å². The van der Waals surface area contributed by atoms with Crippen molar-refractivity contribution in [1.82, 2.24) is 4.90 Å². The third kappa shape index (κ3) is 7.74. The maximum atomic E-state index is 16.6. The lowest BCUT2D eigenvalue weighted by Gasteiger charge is -2.64. The molecule has 6 aliphatic heterocycles. The van der Waals surface area contributed by atoms with Gasteiger partial charge in [0.15, 0.2) is 28.6 Å². The predicted molar refractivity (Wildman–Crippen MR) is 245 cm³/mol. The zero-order chi connectivity index (χ0) is 48.2. The molecule has 67 heavy (non-hydrogen) atoms. The second kappa shape index (κ2) is 17.2. The van der Waals surface area contributed by atoms with Crippen LogP contribution < -0.4 is 14.2 Å². The Hall–Kier alpha value is -3.93. The normalized spacial score (nSPS) is 37.8. The lowest BCUT2D eigenvalue weighted by molar-refractivity contribution is -0.373. The number of esters is 1. The molecule has 3 saturated carbocycles. The maximum Gasteiger partial charge on any atom is 0.333 e. The molecule has 1 aromatic rings. The van der Waals surface area contributed by atoms with Gasteiger partial charge in [-0.1, -0.05) is 29.4 Å². The van der Waals surface area contributed by atoms with Crippen molar-refractivity contribution >= 4 is 23.6 Å². The van der Waals surface area contributed by atoms with E-state index in [1.807, 2.05) is 46.8 Å². The molecule has 2 N–H and O–H groups in total. The van der Waals surface area contributed by atoms with Gasteiger partial charge in [0.25, 0.3) is 0 Å². The minimum Gasteiger partial charge on any atom is -0.482 e. The van der Waals surface area contributed by atoms with Crippen LogP contribution in [0.15, 0.2) is 41.0 Å². The zero-order valence-corrected chi connectivity index (χ0v) is 40.9. The third-order valence-corrected chi connectivity index (χ3v) is 15.6. The van der Waals surface area contributed by atoms with Gasteiger partial charge in [-0.05, 0) is 107 Å². The number of hydrogen-bond donors (Lipinski definition) is 2. The molecule has 3 aliphatic carbocycles. The van der Waals surface area contributed by atoms with E-state index in [-0.39, 0.29) is 41.7 Å². The fourth-order valence-corrected chi connectivity index (χ4v) is 12.4. The Balaban J connectivity index is 1.29. The van der Waals surface area contributed by atoms with Crippen LogP contribution in [0.2, 0.25) is 0 Å².